The number of hydrogen-bond acceptors (Lipinski definition) is 7. The van der Waals surface area contributed by atoms with Gasteiger partial charge in [0.2, 0.25) is 0 Å². The summed E-state index contributed by atoms with van der Waals surface area (Å²) in [6.45, 7) is 4.59. The van der Waals surface area contributed by atoms with Gasteiger partial charge >= 0.3 is 0 Å². The molecule has 1 aliphatic heterocycles. The molecule has 2 fully saturated rings. The Morgan fingerprint density at radius 2 is 1.71 bits per heavy atom. The predicted molar refractivity (Wildman–Crippen MR) is 169 cm³/mol. The number of methoxy groups -OCH3 is 1. The molecule has 3 heterocycles. The number of nitrogens with zero attached hydrogens (tertiary/aromatic N) is 5. The molecular formula is C31H35Cl2N7O2. The molecule has 3 N–H and O–H groups in total. The zero-order valence-electron chi connectivity index (χ0n) is 23.8. The standard InChI is InChI=1S/C31H35Cl2N7O2/c1-38-11-13-39(14-12-38)21-5-7-22(8-6-21)40-17-23(28-29(34)35-18-36-30(28)40)19-4-10-26(27(16-19)42-2)37-31(41)20-3-9-24(32)25(33)15-20/h3-4,9-10,15-18,21-22H,5-8,11-14H2,1-2H3,(H,37,41)(H2,34,35,36). The molecule has 6 rings (SSSR count). The van der Waals surface area contributed by atoms with Crippen molar-refractivity contribution in [1.82, 2.24) is 24.3 Å². The molecule has 4 aromatic rings. The fraction of sp³-hybridized carbons (Fsp3) is 0.387. The summed E-state index contributed by atoms with van der Waals surface area (Å²) in [6, 6.07) is 11.4. The first kappa shape index (κ1) is 28.7. The molecule has 2 aliphatic rings. The zero-order chi connectivity index (χ0) is 29.4. The second kappa shape index (κ2) is 12.1. The molecule has 0 radical (unpaired) electrons. The number of nitrogens with one attached hydrogen (secondary N) is 1. The lowest BCUT2D eigenvalue weighted by Crippen LogP contribution is -2.49. The Bertz CT molecular complexity index is 1610. The van der Waals surface area contributed by atoms with Crippen LogP contribution in [0.2, 0.25) is 10.0 Å². The summed E-state index contributed by atoms with van der Waals surface area (Å²) in [6.07, 6.45) is 8.21. The van der Waals surface area contributed by atoms with E-state index in [1.165, 1.54) is 25.2 Å². The van der Waals surface area contributed by atoms with E-state index in [4.69, 9.17) is 33.7 Å². The third kappa shape index (κ3) is 5.66. The van der Waals surface area contributed by atoms with Crippen molar-refractivity contribution in [3.05, 3.63) is 64.5 Å². The highest BCUT2D eigenvalue weighted by molar-refractivity contribution is 6.42. The quantitative estimate of drug-likeness (QED) is 0.278. The minimum absolute atomic E-state index is 0.315. The molecular weight excluding hydrogens is 573 g/mol. The van der Waals surface area contributed by atoms with Crippen LogP contribution in [-0.4, -0.2) is 76.6 Å². The number of piperazine rings is 1. The van der Waals surface area contributed by atoms with Crippen LogP contribution in [0.1, 0.15) is 42.1 Å². The number of halogens is 2. The van der Waals surface area contributed by atoms with Gasteiger partial charge in [0.25, 0.3) is 5.91 Å². The second-order valence-electron chi connectivity index (χ2n) is 11.2. The summed E-state index contributed by atoms with van der Waals surface area (Å²) in [5.74, 6) is 0.641. The van der Waals surface area contributed by atoms with Crippen molar-refractivity contribution >= 4 is 51.6 Å². The summed E-state index contributed by atoms with van der Waals surface area (Å²) < 4.78 is 7.98. The average molecular weight is 609 g/mol. The maximum Gasteiger partial charge on any atom is 0.255 e. The van der Waals surface area contributed by atoms with Crippen molar-refractivity contribution in [3.63, 3.8) is 0 Å². The molecule has 1 saturated carbocycles. The lowest BCUT2D eigenvalue weighted by molar-refractivity contribution is 0.0828. The number of nitrogens with two attached hydrogens (primary N) is 1. The molecule has 9 nitrogen and oxygen atoms in total. The Morgan fingerprint density at radius 3 is 2.43 bits per heavy atom. The third-order valence-corrected chi connectivity index (χ3v) is 9.43. The summed E-state index contributed by atoms with van der Waals surface area (Å²) in [5, 5.41) is 4.45. The Morgan fingerprint density at radius 1 is 0.976 bits per heavy atom. The molecule has 42 heavy (non-hydrogen) atoms. The van der Waals surface area contributed by atoms with E-state index in [0.29, 0.717) is 44.9 Å². The highest BCUT2D eigenvalue weighted by Gasteiger charge is 2.30. The number of hydrogen-bond donors (Lipinski definition) is 2. The summed E-state index contributed by atoms with van der Waals surface area (Å²) in [5.41, 5.74) is 10.0. The van der Waals surface area contributed by atoms with Crippen molar-refractivity contribution in [2.24, 2.45) is 0 Å². The van der Waals surface area contributed by atoms with Gasteiger partial charge in [-0.3, -0.25) is 9.69 Å². The van der Waals surface area contributed by atoms with E-state index in [-0.39, 0.29) is 5.91 Å². The molecule has 1 aliphatic carbocycles. The largest absolute Gasteiger partial charge is 0.495 e. The van der Waals surface area contributed by atoms with Crippen molar-refractivity contribution in [3.8, 4) is 16.9 Å². The molecule has 11 heteroatoms. The number of carbonyl (C=O) groups is 1. The van der Waals surface area contributed by atoms with Crippen LogP contribution in [0.15, 0.2) is 48.9 Å². The molecule has 0 atom stereocenters. The monoisotopic (exact) mass is 607 g/mol. The first-order valence-corrected chi connectivity index (χ1v) is 15.1. The number of amides is 1. The summed E-state index contributed by atoms with van der Waals surface area (Å²) in [7, 11) is 3.78. The highest BCUT2D eigenvalue weighted by atomic mass is 35.5. The number of nitrogen functional groups attached to an aromatic ring is 1. The van der Waals surface area contributed by atoms with Crippen LogP contribution >= 0.6 is 23.2 Å². The number of likely N-dealkylation sites (N-methyl/N-ethyl adjacent to an activating group) is 1. The van der Waals surface area contributed by atoms with Crippen LogP contribution in [-0.2, 0) is 0 Å². The highest BCUT2D eigenvalue weighted by Crippen LogP contribution is 2.41. The number of anilines is 2. The van der Waals surface area contributed by atoms with Crippen LogP contribution in [0.3, 0.4) is 0 Å². The van der Waals surface area contributed by atoms with E-state index in [1.807, 2.05) is 18.2 Å². The van der Waals surface area contributed by atoms with E-state index in [9.17, 15) is 4.79 Å². The van der Waals surface area contributed by atoms with Gasteiger partial charge in [-0.25, -0.2) is 9.97 Å². The molecule has 2 aromatic carbocycles. The first-order chi connectivity index (χ1) is 20.3. The lowest BCUT2D eigenvalue weighted by atomic mass is 9.89. The Hall–Kier alpha value is -3.37. The number of benzene rings is 2. The van der Waals surface area contributed by atoms with E-state index in [2.05, 4.69) is 42.9 Å². The molecule has 2 aromatic heterocycles. The minimum Gasteiger partial charge on any atom is -0.495 e. The number of carbonyl (C=O) groups excluding carboxylic acids is 1. The second-order valence-corrected chi connectivity index (χ2v) is 12.0. The molecule has 0 spiro atoms. The minimum atomic E-state index is -0.318. The molecule has 1 saturated heterocycles. The van der Waals surface area contributed by atoms with Gasteiger partial charge in [-0.1, -0.05) is 29.3 Å². The number of fused-ring (bicyclic) bond motifs is 1. The van der Waals surface area contributed by atoms with Crippen LogP contribution in [0.5, 0.6) is 5.75 Å². The van der Waals surface area contributed by atoms with Gasteiger partial charge in [-0.05, 0) is 68.6 Å². The maximum atomic E-state index is 12.9. The fourth-order valence-corrected chi connectivity index (χ4v) is 6.59. The van der Waals surface area contributed by atoms with E-state index < -0.39 is 0 Å². The SMILES string of the molecule is COc1cc(-c2cn(C3CCC(N4CCN(C)CC4)CC3)c3ncnc(N)c23)ccc1NC(=O)c1ccc(Cl)c(Cl)c1. The average Bonchev–Trinajstić information content (AvgIpc) is 3.40. The van der Waals surface area contributed by atoms with Gasteiger partial charge in [0.15, 0.2) is 0 Å². The van der Waals surface area contributed by atoms with Crippen molar-refractivity contribution < 1.29 is 9.53 Å². The van der Waals surface area contributed by atoms with Gasteiger partial charge in [-0.15, -0.1) is 0 Å². The summed E-state index contributed by atoms with van der Waals surface area (Å²) in [4.78, 5) is 27.0. The van der Waals surface area contributed by atoms with E-state index in [0.717, 1.165) is 61.2 Å². The zero-order valence-corrected chi connectivity index (χ0v) is 25.3. The molecule has 0 bridgehead atoms. The third-order valence-electron chi connectivity index (χ3n) is 8.70. The Kier molecular flexibility index (Phi) is 8.27. The van der Waals surface area contributed by atoms with Crippen molar-refractivity contribution in [2.75, 3.05) is 51.4 Å². The normalized spacial score (nSPS) is 20.1. The maximum absolute atomic E-state index is 12.9. The van der Waals surface area contributed by atoms with Gasteiger partial charge in [-0.2, -0.15) is 0 Å². The number of ether oxygens (including phenoxy) is 1. The smallest absolute Gasteiger partial charge is 0.255 e. The molecule has 1 amide bonds. The fourth-order valence-electron chi connectivity index (χ4n) is 6.29. The van der Waals surface area contributed by atoms with Gasteiger partial charge < -0.3 is 25.3 Å². The van der Waals surface area contributed by atoms with Crippen LogP contribution in [0.4, 0.5) is 11.5 Å². The topological polar surface area (TPSA) is 102 Å². The van der Waals surface area contributed by atoms with E-state index >= 15 is 0 Å². The summed E-state index contributed by atoms with van der Waals surface area (Å²) >= 11 is 12.1. The Balaban J connectivity index is 1.26. The van der Waals surface area contributed by atoms with Crippen LogP contribution in [0.25, 0.3) is 22.2 Å². The van der Waals surface area contributed by atoms with E-state index in [1.54, 1.807) is 19.2 Å². The lowest BCUT2D eigenvalue weighted by Gasteiger charge is -2.41. The van der Waals surface area contributed by atoms with Crippen LogP contribution < -0.4 is 15.8 Å². The van der Waals surface area contributed by atoms with Crippen LogP contribution in [0, 0.1) is 0 Å². The molecule has 220 valence electrons. The Labute approximate surface area is 255 Å². The van der Waals surface area contributed by atoms with Gasteiger partial charge in [0.05, 0.1) is 28.2 Å². The predicted octanol–water partition coefficient (Wildman–Crippen LogP) is 5.98. The van der Waals surface area contributed by atoms with Crippen molar-refractivity contribution in [2.45, 2.75) is 37.8 Å². The first-order valence-electron chi connectivity index (χ1n) is 14.3. The van der Waals surface area contributed by atoms with Gasteiger partial charge in [0, 0.05) is 55.6 Å². The number of rotatable bonds is 6. The molecule has 0 unspecified atom stereocenters. The van der Waals surface area contributed by atoms with Crippen molar-refractivity contribution in [1.29, 1.82) is 0 Å². The number of aromatic nitrogens is 3. The van der Waals surface area contributed by atoms with Gasteiger partial charge in [0.1, 0.15) is 23.5 Å².